The molecule has 0 fully saturated rings. The van der Waals surface area contributed by atoms with E-state index < -0.39 is 0 Å². The standard InChI is InChI=1S/C10H12ClNO/c1-3-10(12-13-2)8-5-4-6-9(11)7-8/h4-7H,3H2,1-2H3. The minimum Gasteiger partial charge on any atom is -0.399 e. The van der Waals surface area contributed by atoms with E-state index in [2.05, 4.69) is 5.16 Å². The van der Waals surface area contributed by atoms with Crippen molar-refractivity contribution >= 4 is 17.3 Å². The molecule has 0 atom stereocenters. The number of oxime groups is 1. The van der Waals surface area contributed by atoms with Gasteiger partial charge in [0.1, 0.15) is 7.11 Å². The smallest absolute Gasteiger partial charge is 0.106 e. The Hall–Kier alpha value is -1.02. The third kappa shape index (κ3) is 2.74. The van der Waals surface area contributed by atoms with Gasteiger partial charge in [0.15, 0.2) is 0 Å². The average molecular weight is 198 g/mol. The van der Waals surface area contributed by atoms with Gasteiger partial charge in [0.25, 0.3) is 0 Å². The van der Waals surface area contributed by atoms with Crippen molar-refractivity contribution in [3.05, 3.63) is 34.9 Å². The van der Waals surface area contributed by atoms with Gasteiger partial charge in [-0.1, -0.05) is 35.8 Å². The van der Waals surface area contributed by atoms with Crippen LogP contribution in [-0.2, 0) is 4.84 Å². The molecule has 0 N–H and O–H groups in total. The van der Waals surface area contributed by atoms with E-state index >= 15 is 0 Å². The van der Waals surface area contributed by atoms with Gasteiger partial charge in [-0.15, -0.1) is 0 Å². The van der Waals surface area contributed by atoms with Crippen molar-refractivity contribution in [2.45, 2.75) is 13.3 Å². The van der Waals surface area contributed by atoms with Crippen LogP contribution < -0.4 is 0 Å². The zero-order valence-corrected chi connectivity index (χ0v) is 8.51. The number of hydrogen-bond acceptors (Lipinski definition) is 2. The molecule has 0 bridgehead atoms. The topological polar surface area (TPSA) is 21.6 Å². The van der Waals surface area contributed by atoms with Crippen LogP contribution in [0.25, 0.3) is 0 Å². The van der Waals surface area contributed by atoms with Gasteiger partial charge in [-0.05, 0) is 18.6 Å². The Bertz CT molecular complexity index is 310. The highest BCUT2D eigenvalue weighted by Gasteiger charge is 2.01. The summed E-state index contributed by atoms with van der Waals surface area (Å²) in [6.45, 7) is 2.03. The van der Waals surface area contributed by atoms with Crippen molar-refractivity contribution < 1.29 is 4.84 Å². The van der Waals surface area contributed by atoms with E-state index in [0.717, 1.165) is 22.7 Å². The quantitative estimate of drug-likeness (QED) is 0.539. The van der Waals surface area contributed by atoms with E-state index in [0.29, 0.717) is 0 Å². The molecule has 1 aromatic rings. The van der Waals surface area contributed by atoms with E-state index in [9.17, 15) is 0 Å². The van der Waals surface area contributed by atoms with Crippen LogP contribution in [0.15, 0.2) is 29.4 Å². The second-order valence-electron chi connectivity index (χ2n) is 2.58. The van der Waals surface area contributed by atoms with Gasteiger partial charge >= 0.3 is 0 Å². The SMILES string of the molecule is CCC(=NOC)c1cccc(Cl)c1. The Morgan fingerprint density at radius 3 is 2.85 bits per heavy atom. The predicted molar refractivity (Wildman–Crippen MR) is 55.3 cm³/mol. The number of benzene rings is 1. The average Bonchev–Trinajstić information content (AvgIpc) is 2.14. The molecule has 0 radical (unpaired) electrons. The first-order valence-corrected chi connectivity index (χ1v) is 4.51. The van der Waals surface area contributed by atoms with Crippen LogP contribution in [0.2, 0.25) is 5.02 Å². The third-order valence-electron chi connectivity index (χ3n) is 1.69. The molecule has 1 aromatic carbocycles. The number of hydrogen-bond donors (Lipinski definition) is 0. The lowest BCUT2D eigenvalue weighted by molar-refractivity contribution is 0.213. The van der Waals surface area contributed by atoms with Crippen molar-refractivity contribution in [2.75, 3.05) is 7.11 Å². The maximum absolute atomic E-state index is 5.85. The summed E-state index contributed by atoms with van der Waals surface area (Å²) < 4.78 is 0. The molecule has 0 unspecified atom stereocenters. The summed E-state index contributed by atoms with van der Waals surface area (Å²) in [4.78, 5) is 4.73. The summed E-state index contributed by atoms with van der Waals surface area (Å²) in [7, 11) is 1.54. The van der Waals surface area contributed by atoms with Crippen molar-refractivity contribution in [3.63, 3.8) is 0 Å². The van der Waals surface area contributed by atoms with Crippen LogP contribution in [0.4, 0.5) is 0 Å². The van der Waals surface area contributed by atoms with E-state index in [-0.39, 0.29) is 0 Å². The summed E-state index contributed by atoms with van der Waals surface area (Å²) in [5.74, 6) is 0. The molecule has 0 saturated carbocycles. The molecule has 13 heavy (non-hydrogen) atoms. The Kier molecular flexibility index (Phi) is 3.77. The summed E-state index contributed by atoms with van der Waals surface area (Å²) in [6, 6.07) is 7.58. The molecular formula is C10H12ClNO. The summed E-state index contributed by atoms with van der Waals surface area (Å²) in [5.41, 5.74) is 1.92. The Morgan fingerprint density at radius 1 is 1.54 bits per heavy atom. The fraction of sp³-hybridized carbons (Fsp3) is 0.300. The van der Waals surface area contributed by atoms with Gasteiger partial charge in [-0.25, -0.2) is 0 Å². The van der Waals surface area contributed by atoms with E-state index in [1.807, 2.05) is 31.2 Å². The molecule has 1 rings (SSSR count). The fourth-order valence-electron chi connectivity index (χ4n) is 1.10. The molecule has 2 nitrogen and oxygen atoms in total. The van der Waals surface area contributed by atoms with Crippen molar-refractivity contribution in [3.8, 4) is 0 Å². The summed E-state index contributed by atoms with van der Waals surface area (Å²) in [6.07, 6.45) is 0.828. The molecular weight excluding hydrogens is 186 g/mol. The van der Waals surface area contributed by atoms with E-state index in [1.165, 1.54) is 0 Å². The van der Waals surface area contributed by atoms with E-state index in [4.69, 9.17) is 16.4 Å². The zero-order valence-electron chi connectivity index (χ0n) is 7.75. The fourth-order valence-corrected chi connectivity index (χ4v) is 1.29. The zero-order chi connectivity index (χ0) is 9.68. The van der Waals surface area contributed by atoms with Gasteiger partial charge < -0.3 is 4.84 Å². The largest absolute Gasteiger partial charge is 0.399 e. The Morgan fingerprint density at radius 2 is 2.31 bits per heavy atom. The second-order valence-corrected chi connectivity index (χ2v) is 3.02. The van der Waals surface area contributed by atoms with Crippen molar-refractivity contribution in [1.29, 1.82) is 0 Å². The van der Waals surface area contributed by atoms with Crippen LogP contribution in [-0.4, -0.2) is 12.8 Å². The lowest BCUT2D eigenvalue weighted by Crippen LogP contribution is -1.99. The molecule has 0 aliphatic rings. The van der Waals surface area contributed by atoms with E-state index in [1.54, 1.807) is 7.11 Å². The molecule has 0 aliphatic carbocycles. The Balaban J connectivity index is 2.98. The van der Waals surface area contributed by atoms with Gasteiger partial charge in [-0.3, -0.25) is 0 Å². The molecule has 70 valence electrons. The van der Waals surface area contributed by atoms with Crippen LogP contribution in [0.3, 0.4) is 0 Å². The maximum atomic E-state index is 5.85. The molecule has 0 heterocycles. The first kappa shape index (κ1) is 10.1. The molecule has 0 amide bonds. The highest BCUT2D eigenvalue weighted by atomic mass is 35.5. The van der Waals surface area contributed by atoms with Crippen molar-refractivity contribution in [2.24, 2.45) is 5.16 Å². The molecule has 3 heteroatoms. The van der Waals surface area contributed by atoms with Crippen molar-refractivity contribution in [1.82, 2.24) is 0 Å². The Labute approximate surface area is 83.2 Å². The van der Waals surface area contributed by atoms with Gasteiger partial charge in [-0.2, -0.15) is 0 Å². The molecule has 0 saturated heterocycles. The molecule has 0 aromatic heterocycles. The lowest BCUT2D eigenvalue weighted by Gasteiger charge is -2.02. The first-order chi connectivity index (χ1) is 6.27. The molecule has 0 spiro atoms. The van der Waals surface area contributed by atoms with Crippen LogP contribution in [0, 0.1) is 0 Å². The van der Waals surface area contributed by atoms with Gasteiger partial charge in [0.05, 0.1) is 5.71 Å². The van der Waals surface area contributed by atoms with Crippen LogP contribution in [0.5, 0.6) is 0 Å². The monoisotopic (exact) mass is 197 g/mol. The number of nitrogens with zero attached hydrogens (tertiary/aromatic N) is 1. The predicted octanol–water partition coefficient (Wildman–Crippen LogP) is 3.10. The summed E-state index contributed by atoms with van der Waals surface area (Å²) in [5, 5.41) is 4.63. The molecule has 0 aliphatic heterocycles. The van der Waals surface area contributed by atoms with Crippen LogP contribution in [0.1, 0.15) is 18.9 Å². The first-order valence-electron chi connectivity index (χ1n) is 4.14. The minimum atomic E-state index is 0.717. The maximum Gasteiger partial charge on any atom is 0.106 e. The minimum absolute atomic E-state index is 0.717. The third-order valence-corrected chi connectivity index (χ3v) is 1.93. The van der Waals surface area contributed by atoms with Gasteiger partial charge in [0.2, 0.25) is 0 Å². The highest BCUT2D eigenvalue weighted by molar-refractivity contribution is 6.31. The number of rotatable bonds is 3. The lowest BCUT2D eigenvalue weighted by atomic mass is 10.1. The van der Waals surface area contributed by atoms with Crippen LogP contribution >= 0.6 is 11.6 Å². The summed E-state index contributed by atoms with van der Waals surface area (Å²) >= 11 is 5.85. The second kappa shape index (κ2) is 4.87. The number of halogens is 1. The normalized spacial score (nSPS) is 11.5. The van der Waals surface area contributed by atoms with Gasteiger partial charge in [0, 0.05) is 10.6 Å². The highest BCUT2D eigenvalue weighted by Crippen LogP contribution is 2.12.